The predicted octanol–water partition coefficient (Wildman–Crippen LogP) is 9.95. The van der Waals surface area contributed by atoms with Crippen LogP contribution < -0.4 is 0 Å². The minimum Gasteiger partial charge on any atom is -0.265 e. The molecule has 190 valence electrons. The lowest BCUT2D eigenvalue weighted by molar-refractivity contribution is 0.762. The molecule has 4 aromatic carbocycles. The molecule has 2 aliphatic rings. The molecule has 0 saturated heterocycles. The SMILES string of the molecule is C=Cc1cc2ccc(-c3ccc4c(c3)C(C3=CCC=CC=C3)(c3ccncc3)c3ccccc3-4)cc2cc1C=C. The zero-order chi connectivity index (χ0) is 27.1. The van der Waals surface area contributed by atoms with E-state index in [0.717, 1.165) is 17.5 Å². The molecule has 1 unspecified atom stereocenters. The first-order valence-corrected chi connectivity index (χ1v) is 13.8. The van der Waals surface area contributed by atoms with Crippen LogP contribution in [0, 0.1) is 0 Å². The summed E-state index contributed by atoms with van der Waals surface area (Å²) in [4.78, 5) is 4.38. The maximum Gasteiger partial charge on any atom is 0.0711 e. The highest BCUT2D eigenvalue weighted by molar-refractivity contribution is 5.93. The number of fused-ring (bicyclic) bond motifs is 4. The predicted molar refractivity (Wildman–Crippen MR) is 170 cm³/mol. The van der Waals surface area contributed by atoms with Gasteiger partial charge < -0.3 is 0 Å². The van der Waals surface area contributed by atoms with Crippen molar-refractivity contribution in [3.63, 3.8) is 0 Å². The minimum absolute atomic E-state index is 0.431. The fourth-order valence-electron chi connectivity index (χ4n) is 6.57. The minimum atomic E-state index is -0.431. The van der Waals surface area contributed by atoms with Crippen molar-refractivity contribution in [3.8, 4) is 22.3 Å². The van der Waals surface area contributed by atoms with Crippen LogP contribution in [0.3, 0.4) is 0 Å². The van der Waals surface area contributed by atoms with E-state index in [1.807, 2.05) is 24.5 Å². The summed E-state index contributed by atoms with van der Waals surface area (Å²) >= 11 is 0. The maximum absolute atomic E-state index is 4.38. The summed E-state index contributed by atoms with van der Waals surface area (Å²) in [5.74, 6) is 0. The van der Waals surface area contributed by atoms with E-state index in [-0.39, 0.29) is 0 Å². The van der Waals surface area contributed by atoms with Crippen molar-refractivity contribution in [1.82, 2.24) is 4.98 Å². The first kappa shape index (κ1) is 24.1. The van der Waals surface area contributed by atoms with Crippen molar-refractivity contribution >= 4 is 22.9 Å². The van der Waals surface area contributed by atoms with Gasteiger partial charge in [-0.1, -0.05) is 104 Å². The largest absolute Gasteiger partial charge is 0.265 e. The Bertz CT molecular complexity index is 1900. The van der Waals surface area contributed by atoms with E-state index in [4.69, 9.17) is 0 Å². The third kappa shape index (κ3) is 3.59. The van der Waals surface area contributed by atoms with Gasteiger partial charge in [0.05, 0.1) is 5.41 Å². The van der Waals surface area contributed by atoms with Gasteiger partial charge in [0.15, 0.2) is 0 Å². The Labute approximate surface area is 235 Å². The lowest BCUT2D eigenvalue weighted by Gasteiger charge is -2.35. The highest BCUT2D eigenvalue weighted by atomic mass is 14.6. The Balaban J connectivity index is 1.50. The van der Waals surface area contributed by atoms with Gasteiger partial charge in [0, 0.05) is 12.4 Å². The molecule has 0 aliphatic heterocycles. The van der Waals surface area contributed by atoms with Crippen LogP contribution in [0.1, 0.15) is 34.2 Å². The van der Waals surface area contributed by atoms with Gasteiger partial charge in [0.1, 0.15) is 0 Å². The second-order valence-corrected chi connectivity index (χ2v) is 10.4. The number of benzene rings is 4. The Kier molecular flexibility index (Phi) is 5.79. The van der Waals surface area contributed by atoms with Gasteiger partial charge in [0.2, 0.25) is 0 Å². The van der Waals surface area contributed by atoms with Crippen molar-refractivity contribution in [1.29, 1.82) is 0 Å². The van der Waals surface area contributed by atoms with E-state index in [0.29, 0.717) is 0 Å². The number of rotatable bonds is 5. The van der Waals surface area contributed by atoms with Crippen molar-refractivity contribution < 1.29 is 0 Å². The smallest absolute Gasteiger partial charge is 0.0711 e. The molecule has 40 heavy (non-hydrogen) atoms. The molecule has 0 spiro atoms. The molecule has 7 rings (SSSR count). The number of allylic oxidation sites excluding steroid dienone is 6. The van der Waals surface area contributed by atoms with Gasteiger partial charge in [-0.3, -0.25) is 4.98 Å². The zero-order valence-corrected chi connectivity index (χ0v) is 22.3. The van der Waals surface area contributed by atoms with Gasteiger partial charge in [-0.25, -0.2) is 0 Å². The lowest BCUT2D eigenvalue weighted by Crippen LogP contribution is -2.29. The first-order valence-electron chi connectivity index (χ1n) is 13.8. The van der Waals surface area contributed by atoms with Crippen LogP contribution >= 0.6 is 0 Å². The Hall–Kier alpha value is -5.01. The molecule has 0 radical (unpaired) electrons. The van der Waals surface area contributed by atoms with Crippen LogP contribution in [0.25, 0.3) is 45.2 Å². The average Bonchev–Trinajstić information content (AvgIpc) is 3.13. The van der Waals surface area contributed by atoms with E-state index in [2.05, 4.69) is 133 Å². The Morgan fingerprint density at radius 1 is 0.675 bits per heavy atom. The van der Waals surface area contributed by atoms with Crippen molar-refractivity contribution in [3.05, 3.63) is 174 Å². The standard InChI is InChI=1S/C39H29N/c1-3-27-23-30-16-15-29(25-32(30)24-28(27)4-2)31-17-18-36-35-13-9-10-14-37(35)39(38(36)26-31,34-19-21-40-22-20-34)33-11-7-5-6-8-12-33/h3-7,9-26H,1-2,8H2. The molecular weight excluding hydrogens is 482 g/mol. The summed E-state index contributed by atoms with van der Waals surface area (Å²) in [7, 11) is 0. The molecule has 0 N–H and O–H groups in total. The molecule has 1 heteroatoms. The quantitative estimate of drug-likeness (QED) is 0.229. The van der Waals surface area contributed by atoms with Crippen LogP contribution in [-0.4, -0.2) is 4.98 Å². The van der Waals surface area contributed by atoms with Crippen molar-refractivity contribution in [2.24, 2.45) is 0 Å². The van der Waals surface area contributed by atoms with E-state index in [1.165, 1.54) is 55.3 Å². The topological polar surface area (TPSA) is 12.9 Å². The lowest BCUT2D eigenvalue weighted by atomic mass is 9.67. The molecule has 5 aromatic rings. The normalized spacial score (nSPS) is 17.1. The van der Waals surface area contributed by atoms with Gasteiger partial charge in [0.25, 0.3) is 0 Å². The molecule has 1 aromatic heterocycles. The number of hydrogen-bond donors (Lipinski definition) is 0. The van der Waals surface area contributed by atoms with Gasteiger partial charge in [-0.05, 0) is 109 Å². The van der Waals surface area contributed by atoms with E-state index in [9.17, 15) is 0 Å². The Morgan fingerprint density at radius 2 is 1.40 bits per heavy atom. The second-order valence-electron chi connectivity index (χ2n) is 10.4. The summed E-state index contributed by atoms with van der Waals surface area (Å²) in [5, 5.41) is 2.40. The van der Waals surface area contributed by atoms with E-state index < -0.39 is 5.41 Å². The fourth-order valence-corrected chi connectivity index (χ4v) is 6.57. The number of hydrogen-bond acceptors (Lipinski definition) is 1. The zero-order valence-electron chi connectivity index (χ0n) is 22.3. The molecule has 0 amide bonds. The molecule has 0 bridgehead atoms. The summed E-state index contributed by atoms with van der Waals surface area (Å²) < 4.78 is 0. The molecule has 1 heterocycles. The fraction of sp³-hybridized carbons (Fsp3) is 0.0513. The van der Waals surface area contributed by atoms with Crippen molar-refractivity contribution in [2.75, 3.05) is 0 Å². The molecule has 0 fully saturated rings. The molecule has 0 saturated carbocycles. The van der Waals surface area contributed by atoms with Gasteiger partial charge in [-0.15, -0.1) is 0 Å². The summed E-state index contributed by atoms with van der Waals surface area (Å²) in [6, 6.07) is 31.4. The summed E-state index contributed by atoms with van der Waals surface area (Å²) in [6.07, 6.45) is 19.7. The van der Waals surface area contributed by atoms with Crippen LogP contribution in [0.4, 0.5) is 0 Å². The number of pyridine rings is 1. The first-order chi connectivity index (χ1) is 19.7. The molecular formula is C39H29N. The third-order valence-electron chi connectivity index (χ3n) is 8.40. The number of aromatic nitrogens is 1. The monoisotopic (exact) mass is 511 g/mol. The van der Waals surface area contributed by atoms with Crippen molar-refractivity contribution in [2.45, 2.75) is 11.8 Å². The third-order valence-corrected chi connectivity index (χ3v) is 8.40. The van der Waals surface area contributed by atoms with Crippen LogP contribution in [0.15, 0.2) is 146 Å². The van der Waals surface area contributed by atoms with Crippen LogP contribution in [0.5, 0.6) is 0 Å². The molecule has 1 atom stereocenters. The molecule has 2 aliphatic carbocycles. The van der Waals surface area contributed by atoms with Crippen LogP contribution in [-0.2, 0) is 5.41 Å². The highest BCUT2D eigenvalue weighted by Gasteiger charge is 2.46. The number of nitrogens with zero attached hydrogens (tertiary/aromatic N) is 1. The van der Waals surface area contributed by atoms with Gasteiger partial charge >= 0.3 is 0 Å². The Morgan fingerprint density at radius 3 is 2.23 bits per heavy atom. The van der Waals surface area contributed by atoms with E-state index in [1.54, 1.807) is 0 Å². The maximum atomic E-state index is 4.38. The van der Waals surface area contributed by atoms with Gasteiger partial charge in [-0.2, -0.15) is 0 Å². The second kappa shape index (κ2) is 9.63. The molecule has 1 nitrogen and oxygen atoms in total. The summed E-state index contributed by atoms with van der Waals surface area (Å²) in [5.41, 5.74) is 11.9. The summed E-state index contributed by atoms with van der Waals surface area (Å²) in [6.45, 7) is 7.99. The van der Waals surface area contributed by atoms with Crippen LogP contribution in [0.2, 0.25) is 0 Å². The average molecular weight is 512 g/mol. The van der Waals surface area contributed by atoms with E-state index >= 15 is 0 Å². The highest BCUT2D eigenvalue weighted by Crippen LogP contribution is 2.57.